The topological polar surface area (TPSA) is 42.1 Å². The van der Waals surface area contributed by atoms with Gasteiger partial charge in [0.2, 0.25) is 0 Å². The van der Waals surface area contributed by atoms with Gasteiger partial charge < -0.3 is 10.6 Å². The van der Waals surface area contributed by atoms with E-state index in [9.17, 15) is 0 Å². The Morgan fingerprint density at radius 3 is 2.38 bits per heavy atom. The number of nitrogens with two attached hydrogens (primary N) is 1. The van der Waals surface area contributed by atoms with E-state index in [1.165, 1.54) is 5.56 Å². The molecular formula is C13H23N3. The summed E-state index contributed by atoms with van der Waals surface area (Å²) < 4.78 is 0. The quantitative estimate of drug-likeness (QED) is 0.850. The fraction of sp³-hybridized carbons (Fsp3) is 0.615. The lowest BCUT2D eigenvalue weighted by molar-refractivity contribution is 0.587. The molecular weight excluding hydrogens is 198 g/mol. The zero-order valence-corrected chi connectivity index (χ0v) is 11.0. The molecule has 1 aromatic heterocycles. The highest BCUT2D eigenvalue weighted by Gasteiger charge is 2.14. The minimum Gasteiger partial charge on any atom is -0.358 e. The van der Waals surface area contributed by atoms with Gasteiger partial charge in [0.05, 0.1) is 0 Å². The van der Waals surface area contributed by atoms with E-state index < -0.39 is 0 Å². The smallest absolute Gasteiger partial charge is 0.128 e. The van der Waals surface area contributed by atoms with E-state index >= 15 is 0 Å². The lowest BCUT2D eigenvalue weighted by Gasteiger charge is -2.22. The van der Waals surface area contributed by atoms with Crippen LogP contribution in [0, 0.1) is 0 Å². The third kappa shape index (κ3) is 3.49. The fourth-order valence-electron chi connectivity index (χ4n) is 1.58. The average molecular weight is 221 g/mol. The molecule has 2 N–H and O–H groups in total. The Balaban J connectivity index is 2.79. The molecule has 16 heavy (non-hydrogen) atoms. The van der Waals surface area contributed by atoms with E-state index in [2.05, 4.69) is 42.8 Å². The molecule has 90 valence electrons. The van der Waals surface area contributed by atoms with E-state index in [1.54, 1.807) is 0 Å². The first kappa shape index (κ1) is 13.0. The minimum absolute atomic E-state index is 0.158. The van der Waals surface area contributed by atoms with Crippen molar-refractivity contribution in [2.75, 3.05) is 18.5 Å². The van der Waals surface area contributed by atoms with Crippen LogP contribution in [0.4, 0.5) is 5.82 Å². The van der Waals surface area contributed by atoms with Gasteiger partial charge in [-0.1, -0.05) is 26.8 Å². The Kier molecular flexibility index (Phi) is 3.92. The Labute approximate surface area is 98.7 Å². The van der Waals surface area contributed by atoms with Crippen LogP contribution in [-0.4, -0.2) is 24.6 Å². The summed E-state index contributed by atoms with van der Waals surface area (Å²) in [4.78, 5) is 6.55. The van der Waals surface area contributed by atoms with E-state index in [1.807, 2.05) is 20.2 Å². The van der Waals surface area contributed by atoms with E-state index in [0.717, 1.165) is 12.4 Å². The van der Waals surface area contributed by atoms with Crippen LogP contribution in [0.5, 0.6) is 0 Å². The summed E-state index contributed by atoms with van der Waals surface area (Å²) in [5.41, 5.74) is 7.17. The molecule has 1 aromatic rings. The highest BCUT2D eigenvalue weighted by atomic mass is 15.2. The van der Waals surface area contributed by atoms with Crippen molar-refractivity contribution in [1.82, 2.24) is 4.98 Å². The summed E-state index contributed by atoms with van der Waals surface area (Å²) in [6.07, 6.45) is 1.95. The van der Waals surface area contributed by atoms with Gasteiger partial charge in [0, 0.05) is 25.8 Å². The van der Waals surface area contributed by atoms with Gasteiger partial charge in [-0.3, -0.25) is 0 Å². The summed E-state index contributed by atoms with van der Waals surface area (Å²) in [5.74, 6) is 0.977. The zero-order valence-electron chi connectivity index (χ0n) is 11.0. The van der Waals surface area contributed by atoms with Crippen molar-refractivity contribution in [3.63, 3.8) is 0 Å². The maximum absolute atomic E-state index is 5.76. The first-order chi connectivity index (χ1) is 7.30. The number of likely N-dealkylation sites (N-methyl/N-ethyl adjacent to an activating group) is 1. The number of hydrogen-bond acceptors (Lipinski definition) is 3. The highest BCUT2D eigenvalue weighted by molar-refractivity contribution is 5.39. The largest absolute Gasteiger partial charge is 0.358 e. The van der Waals surface area contributed by atoms with Crippen LogP contribution in [0.2, 0.25) is 0 Å². The Hall–Kier alpha value is -1.09. The lowest BCUT2D eigenvalue weighted by atomic mass is 9.88. The van der Waals surface area contributed by atoms with Crippen LogP contribution < -0.4 is 10.6 Å². The van der Waals surface area contributed by atoms with Crippen LogP contribution in [0.3, 0.4) is 0 Å². The van der Waals surface area contributed by atoms with Crippen LogP contribution in [0.25, 0.3) is 0 Å². The van der Waals surface area contributed by atoms with Crippen molar-refractivity contribution in [1.29, 1.82) is 0 Å². The maximum atomic E-state index is 5.76. The van der Waals surface area contributed by atoms with Crippen LogP contribution in [0.15, 0.2) is 18.3 Å². The van der Waals surface area contributed by atoms with Crippen molar-refractivity contribution in [3.8, 4) is 0 Å². The van der Waals surface area contributed by atoms with Crippen LogP contribution in [-0.2, 0) is 5.41 Å². The van der Waals surface area contributed by atoms with Gasteiger partial charge in [0.25, 0.3) is 0 Å². The second-order valence-corrected chi connectivity index (χ2v) is 5.51. The molecule has 0 bridgehead atoms. The molecule has 0 amide bonds. The number of nitrogens with zero attached hydrogens (tertiary/aromatic N) is 2. The highest BCUT2D eigenvalue weighted by Crippen LogP contribution is 2.22. The molecule has 0 spiro atoms. The van der Waals surface area contributed by atoms with Gasteiger partial charge in [0.1, 0.15) is 5.82 Å². The Bertz CT molecular complexity index is 322. The van der Waals surface area contributed by atoms with Crippen LogP contribution >= 0.6 is 0 Å². The van der Waals surface area contributed by atoms with Gasteiger partial charge >= 0.3 is 0 Å². The normalized spacial score (nSPS) is 13.6. The average Bonchev–Trinajstić information content (AvgIpc) is 2.15. The molecule has 0 aliphatic rings. The number of hydrogen-bond donors (Lipinski definition) is 1. The second-order valence-electron chi connectivity index (χ2n) is 5.51. The summed E-state index contributed by atoms with van der Waals surface area (Å²) in [6.45, 7) is 9.39. The predicted octanol–water partition coefficient (Wildman–Crippen LogP) is 2.16. The van der Waals surface area contributed by atoms with Gasteiger partial charge in [-0.2, -0.15) is 0 Å². The Morgan fingerprint density at radius 1 is 1.38 bits per heavy atom. The number of aromatic nitrogens is 1. The van der Waals surface area contributed by atoms with Crippen molar-refractivity contribution < 1.29 is 0 Å². The van der Waals surface area contributed by atoms with Gasteiger partial charge in [0.15, 0.2) is 0 Å². The standard InChI is InChI=1S/C13H23N3/c1-10(14)9-16(5)12-7-6-11(8-15-12)13(2,3)4/h6-8,10H,9,14H2,1-5H3. The van der Waals surface area contributed by atoms with E-state index in [4.69, 9.17) is 5.73 Å². The molecule has 1 unspecified atom stereocenters. The van der Waals surface area contributed by atoms with E-state index in [-0.39, 0.29) is 11.5 Å². The molecule has 0 radical (unpaired) electrons. The van der Waals surface area contributed by atoms with Crippen LogP contribution in [0.1, 0.15) is 33.3 Å². The number of pyridine rings is 1. The summed E-state index contributed by atoms with van der Waals surface area (Å²) in [7, 11) is 2.02. The molecule has 0 aliphatic carbocycles. The molecule has 3 heteroatoms. The third-order valence-corrected chi connectivity index (χ3v) is 2.57. The second kappa shape index (κ2) is 4.83. The van der Waals surface area contributed by atoms with Gasteiger partial charge in [-0.25, -0.2) is 4.98 Å². The van der Waals surface area contributed by atoms with Crippen molar-refractivity contribution >= 4 is 5.82 Å². The first-order valence-corrected chi connectivity index (χ1v) is 5.74. The molecule has 0 saturated heterocycles. The molecule has 0 fully saturated rings. The summed E-state index contributed by atoms with van der Waals surface area (Å²) >= 11 is 0. The first-order valence-electron chi connectivity index (χ1n) is 5.74. The third-order valence-electron chi connectivity index (χ3n) is 2.57. The monoisotopic (exact) mass is 221 g/mol. The predicted molar refractivity (Wildman–Crippen MR) is 69.9 cm³/mol. The molecule has 0 saturated carbocycles. The van der Waals surface area contributed by atoms with Crippen molar-refractivity contribution in [3.05, 3.63) is 23.9 Å². The van der Waals surface area contributed by atoms with Crippen molar-refractivity contribution in [2.24, 2.45) is 5.73 Å². The number of rotatable bonds is 3. The van der Waals surface area contributed by atoms with Gasteiger partial charge in [-0.15, -0.1) is 0 Å². The molecule has 1 rings (SSSR count). The van der Waals surface area contributed by atoms with Crippen molar-refractivity contribution in [2.45, 2.75) is 39.2 Å². The summed E-state index contributed by atoms with van der Waals surface area (Å²) in [5, 5.41) is 0. The molecule has 0 aliphatic heterocycles. The number of anilines is 1. The Morgan fingerprint density at radius 2 is 2.00 bits per heavy atom. The minimum atomic E-state index is 0.158. The maximum Gasteiger partial charge on any atom is 0.128 e. The molecule has 3 nitrogen and oxygen atoms in total. The molecule has 1 atom stereocenters. The zero-order chi connectivity index (χ0) is 12.3. The van der Waals surface area contributed by atoms with E-state index in [0.29, 0.717) is 0 Å². The lowest BCUT2D eigenvalue weighted by Crippen LogP contribution is -2.33. The fourth-order valence-corrected chi connectivity index (χ4v) is 1.58. The SMILES string of the molecule is CC(N)CN(C)c1ccc(C(C)(C)C)cn1. The van der Waals surface area contributed by atoms with Gasteiger partial charge in [-0.05, 0) is 24.0 Å². The summed E-state index contributed by atoms with van der Waals surface area (Å²) in [6, 6.07) is 4.36. The molecule has 0 aromatic carbocycles. The molecule has 1 heterocycles.